The van der Waals surface area contributed by atoms with Crippen molar-refractivity contribution in [2.45, 2.75) is 168 Å². The lowest BCUT2D eigenvalue weighted by Crippen LogP contribution is -2.68. The largest absolute Gasteiger partial charge is 0.394 e. The highest BCUT2D eigenvalue weighted by atomic mass is 16.8. The van der Waals surface area contributed by atoms with Gasteiger partial charge in [-0.25, -0.2) is 0 Å². The number of aliphatic hydroxyl groups excluding tert-OH is 15. The van der Waals surface area contributed by atoms with E-state index < -0.39 is 192 Å². The van der Waals surface area contributed by atoms with Crippen LogP contribution in [0, 0.1) is 0 Å². The molecule has 27 heteroatoms. The van der Waals surface area contributed by atoms with Crippen LogP contribution in [0.4, 0.5) is 0 Å². The zero-order valence-electron chi connectivity index (χ0n) is 33.2. The zero-order chi connectivity index (χ0) is 45.6. The van der Waals surface area contributed by atoms with Crippen LogP contribution in [0.2, 0.25) is 0 Å². The molecule has 4 saturated heterocycles. The molecular weight excluding hydrogens is 836 g/mol. The summed E-state index contributed by atoms with van der Waals surface area (Å²) in [5, 5.41) is 163. The van der Waals surface area contributed by atoms with Crippen LogP contribution in [0.1, 0.15) is 20.8 Å². The number of hydrogen-bond donors (Lipinski definition) is 17. The van der Waals surface area contributed by atoms with Crippen molar-refractivity contribution in [1.82, 2.24) is 10.6 Å². The summed E-state index contributed by atoms with van der Waals surface area (Å²) in [6, 6.07) is -3.08. The number of rotatable bonds is 18. The van der Waals surface area contributed by atoms with E-state index in [1.165, 1.54) is 6.92 Å². The topological polar surface area (TPSA) is 435 Å². The molecule has 0 spiro atoms. The zero-order valence-corrected chi connectivity index (χ0v) is 33.2. The lowest BCUT2D eigenvalue weighted by atomic mass is 9.95. The second-order valence-electron chi connectivity index (χ2n) is 15.2. The third kappa shape index (κ3) is 12.0. The van der Waals surface area contributed by atoms with Gasteiger partial charge in [0.15, 0.2) is 25.2 Å². The minimum atomic E-state index is -2.26. The minimum absolute atomic E-state index is 0.716. The highest BCUT2D eigenvalue weighted by molar-refractivity contribution is 5.73. The number of carbonyl (C=O) groups excluding carboxylic acids is 2. The molecule has 24 atom stereocenters. The van der Waals surface area contributed by atoms with Gasteiger partial charge in [-0.05, 0) is 6.92 Å². The Morgan fingerprint density at radius 3 is 1.72 bits per heavy atom. The van der Waals surface area contributed by atoms with Gasteiger partial charge < -0.3 is 125 Å². The molecule has 4 rings (SSSR count). The number of aliphatic hydroxyl groups is 15. The molecule has 0 bridgehead atoms. The predicted octanol–water partition coefficient (Wildman–Crippen LogP) is -11.0. The van der Waals surface area contributed by atoms with Gasteiger partial charge in [-0.3, -0.25) is 9.59 Å². The molecule has 0 aliphatic carbocycles. The highest BCUT2D eigenvalue weighted by Crippen LogP contribution is 2.34. The second kappa shape index (κ2) is 22.8. The van der Waals surface area contributed by atoms with E-state index in [1.54, 1.807) is 0 Å². The normalized spacial score (nSPS) is 44.1. The van der Waals surface area contributed by atoms with Crippen molar-refractivity contribution in [3.05, 3.63) is 0 Å². The minimum Gasteiger partial charge on any atom is -0.394 e. The fraction of sp³-hybridized carbons (Fsp3) is 0.941. The molecule has 0 aromatic heterocycles. The standard InChI is InChI=1S/C34H60N2O25/c1-9-18(44)24(50)26(52)32(55-9)61-30-25(51)21(47)15(7-40)57-34(30)60-29-22(48)16(8-54-31-17(36-11(3)42)23(49)20(46)14(6-39)56-31)58-33(27(29)53)59-28(19(45)13(43)5-38)12(4-37)35-10(2)41/h9,12-34,37-40,43-53H,4-8H2,1-3H3,(H,35,41)(H,36,42)/t9-,12+,13-,14-,15-,16-,17-,18+,19+,20-,21+,22+,23-,24+,25+,26-,27-,28-,29+,30-,31-,32-,33+,34+/m1/s1. The molecule has 4 heterocycles. The monoisotopic (exact) mass is 896 g/mol. The van der Waals surface area contributed by atoms with E-state index >= 15 is 0 Å². The lowest BCUT2D eigenvalue weighted by molar-refractivity contribution is -0.392. The highest BCUT2D eigenvalue weighted by Gasteiger charge is 2.55. The Morgan fingerprint density at radius 2 is 1.16 bits per heavy atom. The summed E-state index contributed by atoms with van der Waals surface area (Å²) in [5.74, 6) is -1.49. The molecule has 0 aromatic carbocycles. The Morgan fingerprint density at radius 1 is 0.590 bits per heavy atom. The van der Waals surface area contributed by atoms with E-state index in [4.69, 9.17) is 37.9 Å². The third-order valence-electron chi connectivity index (χ3n) is 10.7. The van der Waals surface area contributed by atoms with Crippen LogP contribution < -0.4 is 10.6 Å². The predicted molar refractivity (Wildman–Crippen MR) is 191 cm³/mol. The van der Waals surface area contributed by atoms with Crippen LogP contribution in [0.3, 0.4) is 0 Å². The smallest absolute Gasteiger partial charge is 0.217 e. The molecule has 4 aliphatic heterocycles. The van der Waals surface area contributed by atoms with Gasteiger partial charge in [0.1, 0.15) is 110 Å². The van der Waals surface area contributed by atoms with Gasteiger partial charge >= 0.3 is 0 Å². The van der Waals surface area contributed by atoms with Gasteiger partial charge in [0.25, 0.3) is 0 Å². The van der Waals surface area contributed by atoms with Crippen LogP contribution in [-0.4, -0.2) is 269 Å². The van der Waals surface area contributed by atoms with Gasteiger partial charge in [0.2, 0.25) is 11.8 Å². The van der Waals surface area contributed by atoms with Crippen molar-refractivity contribution >= 4 is 11.8 Å². The van der Waals surface area contributed by atoms with Gasteiger partial charge in [0, 0.05) is 13.8 Å². The molecule has 356 valence electrons. The molecule has 0 saturated carbocycles. The Balaban J connectivity index is 1.72. The molecule has 61 heavy (non-hydrogen) atoms. The summed E-state index contributed by atoms with van der Waals surface area (Å²) < 4.78 is 45.8. The molecule has 2 amide bonds. The molecule has 27 nitrogen and oxygen atoms in total. The number of amides is 2. The Labute approximate surface area is 347 Å². The van der Waals surface area contributed by atoms with E-state index in [2.05, 4.69) is 10.6 Å². The average molecular weight is 897 g/mol. The van der Waals surface area contributed by atoms with E-state index in [0.29, 0.717) is 0 Å². The van der Waals surface area contributed by atoms with E-state index in [1.807, 2.05) is 0 Å². The number of ether oxygens (including phenoxy) is 8. The Bertz CT molecular complexity index is 1380. The second-order valence-corrected chi connectivity index (χ2v) is 15.2. The fourth-order valence-electron chi connectivity index (χ4n) is 7.25. The summed E-state index contributed by atoms with van der Waals surface area (Å²) in [6.07, 6.45) is -41.2. The van der Waals surface area contributed by atoms with Crippen LogP contribution >= 0.6 is 0 Å². The van der Waals surface area contributed by atoms with Gasteiger partial charge in [0.05, 0.1) is 45.2 Å². The van der Waals surface area contributed by atoms with E-state index in [0.717, 1.165) is 13.8 Å². The van der Waals surface area contributed by atoms with Crippen LogP contribution in [-0.2, 0) is 47.5 Å². The van der Waals surface area contributed by atoms with Crippen LogP contribution in [0.15, 0.2) is 0 Å². The quantitative estimate of drug-likeness (QED) is 0.0607. The summed E-state index contributed by atoms with van der Waals surface area (Å²) >= 11 is 0. The maximum atomic E-state index is 12.0. The summed E-state index contributed by atoms with van der Waals surface area (Å²) in [6.45, 7) is -1.29. The summed E-state index contributed by atoms with van der Waals surface area (Å²) in [4.78, 5) is 24.0. The average Bonchev–Trinajstić information content (AvgIpc) is 3.22. The Hall–Kier alpha value is -1.98. The van der Waals surface area contributed by atoms with Crippen molar-refractivity contribution in [3.63, 3.8) is 0 Å². The van der Waals surface area contributed by atoms with Crippen molar-refractivity contribution in [2.75, 3.05) is 33.0 Å². The van der Waals surface area contributed by atoms with Crippen molar-refractivity contribution in [2.24, 2.45) is 0 Å². The first-order valence-corrected chi connectivity index (χ1v) is 19.4. The molecular formula is C34H60N2O25. The maximum Gasteiger partial charge on any atom is 0.217 e. The molecule has 17 N–H and O–H groups in total. The Kier molecular flexibility index (Phi) is 19.3. The maximum absolute atomic E-state index is 12.0. The van der Waals surface area contributed by atoms with Crippen LogP contribution in [0.25, 0.3) is 0 Å². The first-order chi connectivity index (χ1) is 28.7. The van der Waals surface area contributed by atoms with E-state index in [9.17, 15) is 86.2 Å². The van der Waals surface area contributed by atoms with Crippen molar-refractivity contribution in [3.8, 4) is 0 Å². The molecule has 0 radical (unpaired) electrons. The molecule has 4 aliphatic rings. The lowest BCUT2D eigenvalue weighted by Gasteiger charge is -2.49. The molecule has 0 unspecified atom stereocenters. The number of nitrogens with one attached hydrogen (secondary N) is 2. The number of hydrogen-bond acceptors (Lipinski definition) is 25. The first kappa shape index (κ1) is 51.7. The van der Waals surface area contributed by atoms with Crippen LogP contribution in [0.5, 0.6) is 0 Å². The third-order valence-corrected chi connectivity index (χ3v) is 10.7. The summed E-state index contributed by atoms with van der Waals surface area (Å²) in [7, 11) is 0. The van der Waals surface area contributed by atoms with Gasteiger partial charge in [-0.1, -0.05) is 0 Å². The molecule has 4 fully saturated rings. The van der Waals surface area contributed by atoms with E-state index in [-0.39, 0.29) is 0 Å². The van der Waals surface area contributed by atoms with Crippen molar-refractivity contribution < 1.29 is 124 Å². The van der Waals surface area contributed by atoms with Crippen molar-refractivity contribution in [1.29, 1.82) is 0 Å². The summed E-state index contributed by atoms with van der Waals surface area (Å²) in [5.41, 5.74) is 0. The molecule has 0 aromatic rings. The number of carbonyl (C=O) groups is 2. The first-order valence-electron chi connectivity index (χ1n) is 19.4. The SMILES string of the molecule is CC(=O)N[C@H]1[C@H](OC[C@H]2O[C@@H](O[C@@H]([C@@H](O)[C@H](O)CO)[C@H](CO)NC(C)=O)[C@H](O)[C@@H](O[C@@H]3O[C@H](CO)[C@H](O)[C@H](O)[C@H]3O[C@H]3O[C@H](C)[C@H](O)[C@H](O)[C@H]3O)[C@H]2O)O[C@H](CO)[C@@H](O)[C@@H]1O. The van der Waals surface area contributed by atoms with Gasteiger partial charge in [-0.2, -0.15) is 0 Å². The van der Waals surface area contributed by atoms with Gasteiger partial charge in [-0.15, -0.1) is 0 Å². The fourth-order valence-corrected chi connectivity index (χ4v) is 7.25.